The topological polar surface area (TPSA) is 20.3 Å². The summed E-state index contributed by atoms with van der Waals surface area (Å²) in [6.45, 7) is 0. The molecule has 1 aromatic heterocycles. The number of nitrogens with zero attached hydrogens (tertiary/aromatic N) is 1. The molecule has 2 nitrogen and oxygen atoms in total. The highest BCUT2D eigenvalue weighted by Crippen LogP contribution is 2.35. The first-order chi connectivity index (χ1) is 7.70. The van der Waals surface area contributed by atoms with Crippen molar-refractivity contribution in [1.82, 2.24) is 4.90 Å². The highest BCUT2D eigenvalue weighted by Gasteiger charge is 2.32. The number of hydrogen-bond acceptors (Lipinski definition) is 3. The van der Waals surface area contributed by atoms with E-state index in [-0.39, 0.29) is 12.0 Å². The normalized spacial score (nSPS) is 23.7. The van der Waals surface area contributed by atoms with Gasteiger partial charge in [-0.1, -0.05) is 6.42 Å². The molecule has 2 rings (SSSR count). The van der Waals surface area contributed by atoms with Gasteiger partial charge in [0, 0.05) is 18.4 Å². The summed E-state index contributed by atoms with van der Waals surface area (Å²) in [6, 6.07) is 2.43. The molecule has 88 valence electrons. The Morgan fingerprint density at radius 2 is 2.25 bits per heavy atom. The molecule has 2 unspecified atom stereocenters. The van der Waals surface area contributed by atoms with Crippen molar-refractivity contribution in [3.8, 4) is 0 Å². The van der Waals surface area contributed by atoms with E-state index in [1.165, 1.54) is 12.0 Å². The number of thiophene rings is 1. The van der Waals surface area contributed by atoms with E-state index in [9.17, 15) is 4.79 Å². The lowest BCUT2D eigenvalue weighted by Gasteiger charge is -2.33. The molecule has 1 aliphatic carbocycles. The Labute approximate surface area is 101 Å². The van der Waals surface area contributed by atoms with Crippen LogP contribution in [0.4, 0.5) is 0 Å². The third-order valence-corrected chi connectivity index (χ3v) is 4.13. The molecule has 0 aliphatic heterocycles. The first-order valence-corrected chi connectivity index (χ1v) is 6.85. The molecule has 1 saturated carbocycles. The largest absolute Gasteiger partial charge is 0.302 e. The van der Waals surface area contributed by atoms with Gasteiger partial charge < -0.3 is 4.90 Å². The van der Waals surface area contributed by atoms with Gasteiger partial charge >= 0.3 is 0 Å². The van der Waals surface area contributed by atoms with Gasteiger partial charge in [0.15, 0.2) is 0 Å². The number of rotatable bonds is 3. The fraction of sp³-hybridized carbons (Fsp3) is 0.615. The molecule has 1 aliphatic rings. The second-order valence-corrected chi connectivity index (χ2v) is 5.56. The number of hydrogen-bond donors (Lipinski definition) is 0. The maximum atomic E-state index is 12.0. The molecule has 0 bridgehead atoms. The van der Waals surface area contributed by atoms with Crippen LogP contribution in [0.1, 0.15) is 37.3 Å². The Morgan fingerprint density at radius 3 is 2.81 bits per heavy atom. The summed E-state index contributed by atoms with van der Waals surface area (Å²) in [5.74, 6) is 0.662. The lowest BCUT2D eigenvalue weighted by molar-refractivity contribution is -0.126. The standard InChI is InChI=1S/C13H19NOS/c1-14(2)13(10-7-8-16-9-10)11-5-3-4-6-12(11)15/h7-9,11,13H,3-6H2,1-2H3. The van der Waals surface area contributed by atoms with E-state index < -0.39 is 0 Å². The molecule has 0 aromatic carbocycles. The van der Waals surface area contributed by atoms with Crippen molar-refractivity contribution in [2.24, 2.45) is 5.92 Å². The van der Waals surface area contributed by atoms with E-state index >= 15 is 0 Å². The van der Waals surface area contributed by atoms with E-state index in [1.807, 2.05) is 0 Å². The number of Topliss-reactive ketones (excluding diaryl/α,β-unsaturated/α-hetero) is 1. The predicted octanol–water partition coefficient (Wildman–Crippen LogP) is 3.11. The fourth-order valence-electron chi connectivity index (χ4n) is 2.68. The second-order valence-electron chi connectivity index (χ2n) is 4.78. The molecule has 0 amide bonds. The molecule has 0 radical (unpaired) electrons. The van der Waals surface area contributed by atoms with Crippen LogP contribution in [0.25, 0.3) is 0 Å². The monoisotopic (exact) mass is 237 g/mol. The molecule has 16 heavy (non-hydrogen) atoms. The van der Waals surface area contributed by atoms with Crippen LogP contribution in [0.5, 0.6) is 0 Å². The van der Waals surface area contributed by atoms with Crippen LogP contribution in [0.15, 0.2) is 16.8 Å². The summed E-state index contributed by atoms with van der Waals surface area (Å²) in [5, 5.41) is 4.27. The first kappa shape index (κ1) is 11.8. The Balaban J connectivity index is 2.22. The average Bonchev–Trinajstić information content (AvgIpc) is 2.74. The quantitative estimate of drug-likeness (QED) is 0.805. The van der Waals surface area contributed by atoms with Gasteiger partial charge in [0.25, 0.3) is 0 Å². The van der Waals surface area contributed by atoms with Gasteiger partial charge in [-0.3, -0.25) is 4.79 Å². The Hall–Kier alpha value is -0.670. The number of carbonyl (C=O) groups is 1. The van der Waals surface area contributed by atoms with E-state index in [0.29, 0.717) is 5.78 Å². The molecule has 3 heteroatoms. The molecule has 0 spiro atoms. The SMILES string of the molecule is CN(C)C(c1ccsc1)C1CCCCC1=O. The Kier molecular flexibility index (Phi) is 3.77. The van der Waals surface area contributed by atoms with Crippen molar-refractivity contribution in [2.75, 3.05) is 14.1 Å². The van der Waals surface area contributed by atoms with Crippen molar-refractivity contribution in [3.05, 3.63) is 22.4 Å². The van der Waals surface area contributed by atoms with Gasteiger partial charge in [0.1, 0.15) is 5.78 Å². The molecule has 1 heterocycles. The van der Waals surface area contributed by atoms with Crippen LogP contribution >= 0.6 is 11.3 Å². The van der Waals surface area contributed by atoms with Crippen LogP contribution in [-0.4, -0.2) is 24.8 Å². The minimum atomic E-state index is 0.207. The number of carbonyl (C=O) groups excluding carboxylic acids is 1. The Morgan fingerprint density at radius 1 is 1.44 bits per heavy atom. The summed E-state index contributed by atoms with van der Waals surface area (Å²) >= 11 is 1.71. The van der Waals surface area contributed by atoms with Crippen LogP contribution < -0.4 is 0 Å². The van der Waals surface area contributed by atoms with Gasteiger partial charge in [-0.25, -0.2) is 0 Å². The van der Waals surface area contributed by atoms with Crippen LogP contribution in [0, 0.1) is 5.92 Å². The summed E-state index contributed by atoms with van der Waals surface area (Å²) in [4.78, 5) is 14.2. The second kappa shape index (κ2) is 5.11. The maximum Gasteiger partial charge on any atom is 0.137 e. The zero-order chi connectivity index (χ0) is 11.5. The van der Waals surface area contributed by atoms with E-state index in [0.717, 1.165) is 19.3 Å². The predicted molar refractivity (Wildman–Crippen MR) is 67.7 cm³/mol. The highest BCUT2D eigenvalue weighted by molar-refractivity contribution is 7.07. The molecule has 1 fully saturated rings. The van der Waals surface area contributed by atoms with Crippen molar-refractivity contribution in [3.63, 3.8) is 0 Å². The molecule has 0 saturated heterocycles. The third kappa shape index (κ3) is 2.36. The van der Waals surface area contributed by atoms with Crippen molar-refractivity contribution < 1.29 is 4.79 Å². The molecular weight excluding hydrogens is 218 g/mol. The zero-order valence-electron chi connectivity index (χ0n) is 9.98. The van der Waals surface area contributed by atoms with Gasteiger partial charge in [0.05, 0.1) is 0 Å². The van der Waals surface area contributed by atoms with Gasteiger partial charge in [-0.05, 0) is 49.3 Å². The maximum absolute atomic E-state index is 12.0. The Bertz CT molecular complexity index is 345. The average molecular weight is 237 g/mol. The van der Waals surface area contributed by atoms with Crippen LogP contribution in [0.2, 0.25) is 0 Å². The zero-order valence-corrected chi connectivity index (χ0v) is 10.8. The van der Waals surface area contributed by atoms with Crippen molar-refractivity contribution in [2.45, 2.75) is 31.7 Å². The van der Waals surface area contributed by atoms with E-state index in [2.05, 4.69) is 35.8 Å². The fourth-order valence-corrected chi connectivity index (χ4v) is 3.37. The molecular formula is C13H19NOS. The van der Waals surface area contributed by atoms with Crippen molar-refractivity contribution in [1.29, 1.82) is 0 Å². The summed E-state index contributed by atoms with van der Waals surface area (Å²) in [7, 11) is 4.15. The minimum absolute atomic E-state index is 0.207. The molecule has 2 atom stereocenters. The summed E-state index contributed by atoms with van der Waals surface area (Å²) in [5.41, 5.74) is 1.30. The first-order valence-electron chi connectivity index (χ1n) is 5.91. The van der Waals surface area contributed by atoms with Gasteiger partial charge in [-0.2, -0.15) is 11.3 Å². The lowest BCUT2D eigenvalue weighted by atomic mass is 9.80. The number of ketones is 1. The lowest BCUT2D eigenvalue weighted by Crippen LogP contribution is -2.33. The summed E-state index contributed by atoms with van der Waals surface area (Å²) in [6.07, 6.45) is 4.11. The summed E-state index contributed by atoms with van der Waals surface area (Å²) < 4.78 is 0. The highest BCUT2D eigenvalue weighted by atomic mass is 32.1. The third-order valence-electron chi connectivity index (χ3n) is 3.42. The van der Waals surface area contributed by atoms with E-state index in [4.69, 9.17) is 0 Å². The smallest absolute Gasteiger partial charge is 0.137 e. The van der Waals surface area contributed by atoms with Gasteiger partial charge in [0.2, 0.25) is 0 Å². The van der Waals surface area contributed by atoms with Gasteiger partial charge in [-0.15, -0.1) is 0 Å². The minimum Gasteiger partial charge on any atom is -0.302 e. The van der Waals surface area contributed by atoms with Crippen molar-refractivity contribution >= 4 is 17.1 Å². The molecule has 0 N–H and O–H groups in total. The van der Waals surface area contributed by atoms with Crippen LogP contribution in [-0.2, 0) is 4.79 Å². The van der Waals surface area contributed by atoms with Crippen LogP contribution in [0.3, 0.4) is 0 Å². The van der Waals surface area contributed by atoms with E-state index in [1.54, 1.807) is 11.3 Å². The molecule has 1 aromatic rings.